The van der Waals surface area contributed by atoms with Gasteiger partial charge in [0.05, 0.1) is 18.8 Å². The van der Waals surface area contributed by atoms with E-state index < -0.39 is 0 Å². The number of hydrogen-bond acceptors (Lipinski definition) is 4. The summed E-state index contributed by atoms with van der Waals surface area (Å²) in [6.07, 6.45) is 0.267. The zero-order valence-corrected chi connectivity index (χ0v) is 10.1. The van der Waals surface area contributed by atoms with E-state index in [-0.39, 0.29) is 6.10 Å². The molecule has 84 valence electrons. The molecular formula is C11H18N2OS. The molecule has 2 atom stereocenters. The van der Waals surface area contributed by atoms with Crippen LogP contribution in [0.15, 0.2) is 16.8 Å². The molecule has 2 unspecified atom stereocenters. The summed E-state index contributed by atoms with van der Waals surface area (Å²) in [5.41, 5.74) is 1.34. The third-order valence-electron chi connectivity index (χ3n) is 2.88. The predicted octanol–water partition coefficient (Wildman–Crippen LogP) is 1.34. The van der Waals surface area contributed by atoms with Crippen molar-refractivity contribution in [3.63, 3.8) is 0 Å². The van der Waals surface area contributed by atoms with Crippen LogP contribution < -0.4 is 5.32 Å². The van der Waals surface area contributed by atoms with Gasteiger partial charge in [-0.25, -0.2) is 0 Å². The van der Waals surface area contributed by atoms with Crippen molar-refractivity contribution >= 4 is 11.3 Å². The van der Waals surface area contributed by atoms with Gasteiger partial charge in [0.25, 0.3) is 0 Å². The first kappa shape index (κ1) is 11.1. The second kappa shape index (κ2) is 5.07. The minimum absolute atomic E-state index is 0.267. The summed E-state index contributed by atoms with van der Waals surface area (Å²) in [4.78, 5) is 2.32. The van der Waals surface area contributed by atoms with E-state index in [1.54, 1.807) is 11.3 Å². The van der Waals surface area contributed by atoms with E-state index in [9.17, 15) is 0 Å². The number of thiophene rings is 1. The zero-order valence-electron chi connectivity index (χ0n) is 9.27. The van der Waals surface area contributed by atoms with Gasteiger partial charge in [0, 0.05) is 13.1 Å². The molecule has 0 bridgehead atoms. The largest absolute Gasteiger partial charge is 0.374 e. The summed E-state index contributed by atoms with van der Waals surface area (Å²) in [7, 11) is 4.15. The smallest absolute Gasteiger partial charge is 0.0896 e. The van der Waals surface area contributed by atoms with E-state index in [1.165, 1.54) is 5.56 Å². The highest BCUT2D eigenvalue weighted by atomic mass is 32.1. The van der Waals surface area contributed by atoms with Gasteiger partial charge in [-0.15, -0.1) is 0 Å². The van der Waals surface area contributed by atoms with Crippen molar-refractivity contribution in [2.75, 3.05) is 33.8 Å². The SMILES string of the molecule is CNC(c1ccsc1)C1CN(C)CCO1. The molecule has 1 fully saturated rings. The minimum atomic E-state index is 0.267. The van der Waals surface area contributed by atoms with E-state index >= 15 is 0 Å². The van der Waals surface area contributed by atoms with E-state index in [0.717, 1.165) is 19.7 Å². The van der Waals surface area contributed by atoms with Crippen LogP contribution in [-0.4, -0.2) is 44.8 Å². The fourth-order valence-corrected chi connectivity index (χ4v) is 2.73. The molecule has 0 saturated carbocycles. The summed E-state index contributed by atoms with van der Waals surface area (Å²) in [5, 5.41) is 7.66. The molecule has 1 aliphatic heterocycles. The molecule has 0 aliphatic carbocycles. The van der Waals surface area contributed by atoms with Gasteiger partial charge in [-0.05, 0) is 36.5 Å². The Balaban J connectivity index is 2.06. The number of hydrogen-bond donors (Lipinski definition) is 1. The maximum absolute atomic E-state index is 5.83. The summed E-state index contributed by atoms with van der Waals surface area (Å²) in [6, 6.07) is 2.49. The number of likely N-dealkylation sites (N-methyl/N-ethyl adjacent to an activating group) is 2. The quantitative estimate of drug-likeness (QED) is 0.842. The van der Waals surface area contributed by atoms with Crippen LogP contribution in [0.2, 0.25) is 0 Å². The average molecular weight is 226 g/mol. The maximum Gasteiger partial charge on any atom is 0.0896 e. The van der Waals surface area contributed by atoms with Crippen molar-refractivity contribution in [2.24, 2.45) is 0 Å². The van der Waals surface area contributed by atoms with Gasteiger partial charge in [-0.2, -0.15) is 11.3 Å². The first-order chi connectivity index (χ1) is 7.31. The van der Waals surface area contributed by atoms with Gasteiger partial charge in [0.15, 0.2) is 0 Å². The molecule has 0 amide bonds. The van der Waals surface area contributed by atoms with Crippen molar-refractivity contribution in [3.05, 3.63) is 22.4 Å². The Bertz CT molecular complexity index is 289. The number of ether oxygens (including phenoxy) is 1. The second-order valence-electron chi connectivity index (χ2n) is 3.99. The molecule has 4 heteroatoms. The Morgan fingerprint density at radius 1 is 1.67 bits per heavy atom. The third kappa shape index (κ3) is 2.58. The van der Waals surface area contributed by atoms with Crippen LogP contribution in [0.1, 0.15) is 11.6 Å². The molecule has 2 rings (SSSR count). The first-order valence-corrected chi connectivity index (χ1v) is 6.25. The van der Waals surface area contributed by atoms with Crippen LogP contribution in [0.4, 0.5) is 0 Å². The molecule has 15 heavy (non-hydrogen) atoms. The molecule has 0 radical (unpaired) electrons. The monoisotopic (exact) mass is 226 g/mol. The van der Waals surface area contributed by atoms with Crippen molar-refractivity contribution in [2.45, 2.75) is 12.1 Å². The van der Waals surface area contributed by atoms with Gasteiger partial charge in [-0.1, -0.05) is 0 Å². The van der Waals surface area contributed by atoms with Crippen LogP contribution in [0.3, 0.4) is 0 Å². The molecule has 1 aliphatic rings. The summed E-state index contributed by atoms with van der Waals surface area (Å²) in [6.45, 7) is 2.88. The minimum Gasteiger partial charge on any atom is -0.374 e. The predicted molar refractivity (Wildman–Crippen MR) is 63.4 cm³/mol. The molecule has 1 aromatic rings. The lowest BCUT2D eigenvalue weighted by Crippen LogP contribution is -2.45. The van der Waals surface area contributed by atoms with Gasteiger partial charge >= 0.3 is 0 Å². The van der Waals surface area contributed by atoms with Crippen molar-refractivity contribution < 1.29 is 4.74 Å². The number of nitrogens with one attached hydrogen (secondary N) is 1. The lowest BCUT2D eigenvalue weighted by molar-refractivity contribution is -0.0379. The van der Waals surface area contributed by atoms with Gasteiger partial charge < -0.3 is 15.0 Å². The Kier molecular flexibility index (Phi) is 3.75. The van der Waals surface area contributed by atoms with Crippen LogP contribution in [-0.2, 0) is 4.74 Å². The number of nitrogens with zero attached hydrogens (tertiary/aromatic N) is 1. The van der Waals surface area contributed by atoms with Crippen LogP contribution in [0.25, 0.3) is 0 Å². The molecule has 0 spiro atoms. The van der Waals surface area contributed by atoms with E-state index in [1.807, 2.05) is 7.05 Å². The van der Waals surface area contributed by atoms with Gasteiger partial charge in [0.1, 0.15) is 0 Å². The van der Waals surface area contributed by atoms with Crippen molar-refractivity contribution in [1.29, 1.82) is 0 Å². The molecule has 0 aromatic carbocycles. The summed E-state index contributed by atoms with van der Waals surface area (Å²) < 4.78 is 5.83. The van der Waals surface area contributed by atoms with Crippen LogP contribution >= 0.6 is 11.3 Å². The zero-order chi connectivity index (χ0) is 10.7. The Labute approximate surface area is 95.0 Å². The van der Waals surface area contributed by atoms with Crippen LogP contribution in [0.5, 0.6) is 0 Å². The van der Waals surface area contributed by atoms with E-state index in [2.05, 4.69) is 34.1 Å². The Morgan fingerprint density at radius 2 is 2.53 bits per heavy atom. The molecule has 2 heterocycles. The number of morpholine rings is 1. The normalized spacial score (nSPS) is 25.3. The fourth-order valence-electron chi connectivity index (χ4n) is 2.03. The molecule has 3 nitrogen and oxygen atoms in total. The van der Waals surface area contributed by atoms with E-state index in [0.29, 0.717) is 6.04 Å². The van der Waals surface area contributed by atoms with Gasteiger partial charge in [0.2, 0.25) is 0 Å². The highest BCUT2D eigenvalue weighted by Crippen LogP contribution is 2.23. The van der Waals surface area contributed by atoms with Crippen molar-refractivity contribution in [1.82, 2.24) is 10.2 Å². The average Bonchev–Trinajstić information content (AvgIpc) is 2.72. The lowest BCUT2D eigenvalue weighted by Gasteiger charge is -2.34. The van der Waals surface area contributed by atoms with E-state index in [4.69, 9.17) is 4.74 Å². The first-order valence-electron chi connectivity index (χ1n) is 5.31. The highest BCUT2D eigenvalue weighted by Gasteiger charge is 2.26. The fraction of sp³-hybridized carbons (Fsp3) is 0.636. The number of rotatable bonds is 3. The maximum atomic E-state index is 5.83. The van der Waals surface area contributed by atoms with Gasteiger partial charge in [-0.3, -0.25) is 0 Å². The highest BCUT2D eigenvalue weighted by molar-refractivity contribution is 7.07. The lowest BCUT2D eigenvalue weighted by atomic mass is 10.0. The molecule has 1 saturated heterocycles. The summed E-state index contributed by atoms with van der Waals surface area (Å²) >= 11 is 1.74. The van der Waals surface area contributed by atoms with Crippen molar-refractivity contribution in [3.8, 4) is 0 Å². The molecular weight excluding hydrogens is 208 g/mol. The van der Waals surface area contributed by atoms with Crippen LogP contribution in [0, 0.1) is 0 Å². The standard InChI is InChI=1S/C11H18N2OS/c1-12-11(9-3-6-15-8-9)10-7-13(2)4-5-14-10/h3,6,8,10-12H,4-5,7H2,1-2H3. The Morgan fingerprint density at radius 3 is 3.13 bits per heavy atom. The topological polar surface area (TPSA) is 24.5 Å². The Hall–Kier alpha value is -0.420. The second-order valence-corrected chi connectivity index (χ2v) is 4.77. The third-order valence-corrected chi connectivity index (χ3v) is 3.58. The molecule has 1 N–H and O–H groups in total. The summed E-state index contributed by atoms with van der Waals surface area (Å²) in [5.74, 6) is 0. The molecule has 1 aromatic heterocycles.